The predicted molar refractivity (Wildman–Crippen MR) is 67.3 cm³/mol. The van der Waals surface area contributed by atoms with Gasteiger partial charge in [-0.2, -0.15) is 12.6 Å². The highest BCUT2D eigenvalue weighted by Gasteiger charge is 2.01. The second kappa shape index (κ2) is 7.12. The van der Waals surface area contributed by atoms with Crippen molar-refractivity contribution in [3.05, 3.63) is 28.5 Å². The Labute approximate surface area is 104 Å². The van der Waals surface area contributed by atoms with E-state index in [2.05, 4.69) is 28.6 Å². The molecule has 0 atom stereocenters. The molecule has 0 spiro atoms. The first-order valence-electron chi connectivity index (χ1n) is 4.93. The highest BCUT2D eigenvalue weighted by Crippen LogP contribution is 2.25. The van der Waals surface area contributed by atoms with Gasteiger partial charge in [0.25, 0.3) is 0 Å². The van der Waals surface area contributed by atoms with Gasteiger partial charge in [0, 0.05) is 0 Å². The van der Waals surface area contributed by atoms with E-state index in [1.165, 1.54) is 12.1 Å². The summed E-state index contributed by atoms with van der Waals surface area (Å²) in [5.41, 5.74) is 0. The Hall–Kier alpha value is -0.220. The zero-order valence-corrected chi connectivity index (χ0v) is 10.9. The minimum absolute atomic E-state index is 0.260. The van der Waals surface area contributed by atoms with Crippen LogP contribution in [-0.4, -0.2) is 12.4 Å². The van der Waals surface area contributed by atoms with Crippen LogP contribution >= 0.6 is 28.6 Å². The number of hydrogen-bond acceptors (Lipinski definition) is 2. The van der Waals surface area contributed by atoms with Gasteiger partial charge in [-0.05, 0) is 59.1 Å². The molecule has 0 aliphatic rings. The quantitative estimate of drug-likeness (QED) is 0.614. The fourth-order valence-electron chi connectivity index (χ4n) is 1.17. The van der Waals surface area contributed by atoms with Crippen molar-refractivity contribution in [3.63, 3.8) is 0 Å². The van der Waals surface area contributed by atoms with E-state index in [1.54, 1.807) is 6.07 Å². The molecule has 84 valence electrons. The smallest absolute Gasteiger partial charge is 0.133 e. The number of rotatable bonds is 6. The molecule has 0 radical (unpaired) electrons. The third-order valence-corrected chi connectivity index (χ3v) is 2.89. The third kappa shape index (κ3) is 4.89. The summed E-state index contributed by atoms with van der Waals surface area (Å²) in [7, 11) is 0. The largest absolute Gasteiger partial charge is 0.492 e. The maximum atomic E-state index is 12.7. The molecule has 1 aromatic carbocycles. The zero-order chi connectivity index (χ0) is 11.1. The fourth-order valence-corrected chi connectivity index (χ4v) is 1.85. The van der Waals surface area contributed by atoms with Gasteiger partial charge in [-0.1, -0.05) is 0 Å². The molecule has 0 fully saturated rings. The van der Waals surface area contributed by atoms with Gasteiger partial charge in [0.2, 0.25) is 0 Å². The van der Waals surface area contributed by atoms with E-state index in [0.29, 0.717) is 16.8 Å². The average molecular weight is 293 g/mol. The molecule has 0 bridgehead atoms. The van der Waals surface area contributed by atoms with Crippen molar-refractivity contribution in [2.75, 3.05) is 12.4 Å². The molecule has 1 rings (SSSR count). The first kappa shape index (κ1) is 12.8. The Morgan fingerprint density at radius 1 is 1.27 bits per heavy atom. The zero-order valence-electron chi connectivity index (χ0n) is 8.38. The van der Waals surface area contributed by atoms with E-state index in [4.69, 9.17) is 4.74 Å². The van der Waals surface area contributed by atoms with E-state index in [0.717, 1.165) is 25.0 Å². The maximum absolute atomic E-state index is 12.7. The van der Waals surface area contributed by atoms with E-state index >= 15 is 0 Å². The molecule has 15 heavy (non-hydrogen) atoms. The molecular weight excluding hydrogens is 279 g/mol. The molecule has 0 saturated carbocycles. The number of hydrogen-bond donors (Lipinski definition) is 1. The number of benzene rings is 1. The second-order valence-electron chi connectivity index (χ2n) is 3.21. The van der Waals surface area contributed by atoms with Crippen LogP contribution in [0.15, 0.2) is 22.7 Å². The van der Waals surface area contributed by atoms with Gasteiger partial charge in [0.05, 0.1) is 11.1 Å². The topological polar surface area (TPSA) is 9.23 Å². The predicted octanol–water partition coefficient (Wildman–Crippen LogP) is 4.07. The molecule has 0 aliphatic heterocycles. The normalized spacial score (nSPS) is 10.3. The maximum Gasteiger partial charge on any atom is 0.133 e. The molecule has 0 saturated heterocycles. The third-order valence-electron chi connectivity index (χ3n) is 1.95. The Morgan fingerprint density at radius 3 is 2.73 bits per heavy atom. The molecule has 1 aromatic rings. The number of unbranched alkanes of at least 4 members (excludes halogenated alkanes) is 2. The molecule has 4 heteroatoms. The van der Waals surface area contributed by atoms with Gasteiger partial charge in [-0.3, -0.25) is 0 Å². The van der Waals surface area contributed by atoms with E-state index < -0.39 is 0 Å². The van der Waals surface area contributed by atoms with Crippen LogP contribution in [-0.2, 0) is 0 Å². The van der Waals surface area contributed by atoms with Crippen LogP contribution < -0.4 is 4.74 Å². The van der Waals surface area contributed by atoms with Crippen LogP contribution in [0, 0.1) is 5.82 Å². The molecule has 0 aromatic heterocycles. The SMILES string of the molecule is Fc1ccc(OCCCCCS)c(Br)c1. The van der Waals surface area contributed by atoms with Crippen LogP contribution in [0.25, 0.3) is 0 Å². The summed E-state index contributed by atoms with van der Waals surface area (Å²) in [6, 6.07) is 4.44. The lowest BCUT2D eigenvalue weighted by atomic mass is 10.2. The summed E-state index contributed by atoms with van der Waals surface area (Å²) in [6.45, 7) is 0.665. The lowest BCUT2D eigenvalue weighted by molar-refractivity contribution is 0.304. The average Bonchev–Trinajstić information content (AvgIpc) is 2.20. The fraction of sp³-hybridized carbons (Fsp3) is 0.455. The van der Waals surface area contributed by atoms with Gasteiger partial charge < -0.3 is 4.74 Å². The monoisotopic (exact) mass is 292 g/mol. The van der Waals surface area contributed by atoms with Crippen LogP contribution in [0.3, 0.4) is 0 Å². The lowest BCUT2D eigenvalue weighted by Gasteiger charge is -2.07. The highest BCUT2D eigenvalue weighted by atomic mass is 79.9. The standard InChI is InChI=1S/C11H14BrFOS/c12-10-8-9(13)4-5-11(10)14-6-2-1-3-7-15/h4-5,8,15H,1-3,6-7H2. The summed E-state index contributed by atoms with van der Waals surface area (Å²) < 4.78 is 18.9. The summed E-state index contributed by atoms with van der Waals surface area (Å²) in [5.74, 6) is 1.35. The van der Waals surface area contributed by atoms with Crippen molar-refractivity contribution in [2.45, 2.75) is 19.3 Å². The Morgan fingerprint density at radius 2 is 2.07 bits per heavy atom. The van der Waals surface area contributed by atoms with E-state index in [9.17, 15) is 4.39 Å². The Kier molecular flexibility index (Phi) is 6.10. The number of thiol groups is 1. The van der Waals surface area contributed by atoms with Crippen molar-refractivity contribution in [3.8, 4) is 5.75 Å². The second-order valence-corrected chi connectivity index (χ2v) is 4.51. The molecule has 0 heterocycles. The molecule has 0 amide bonds. The Bertz CT molecular complexity index is 307. The number of halogens is 2. The van der Waals surface area contributed by atoms with E-state index in [1.807, 2.05) is 0 Å². The highest BCUT2D eigenvalue weighted by molar-refractivity contribution is 9.10. The van der Waals surface area contributed by atoms with Crippen molar-refractivity contribution in [1.82, 2.24) is 0 Å². The van der Waals surface area contributed by atoms with Crippen LogP contribution in [0.5, 0.6) is 5.75 Å². The molecule has 0 unspecified atom stereocenters. The van der Waals surface area contributed by atoms with E-state index in [-0.39, 0.29) is 5.82 Å². The van der Waals surface area contributed by atoms with Crippen LogP contribution in [0.1, 0.15) is 19.3 Å². The van der Waals surface area contributed by atoms with Gasteiger partial charge in [-0.25, -0.2) is 4.39 Å². The minimum atomic E-state index is -0.260. The van der Waals surface area contributed by atoms with Crippen LogP contribution in [0.2, 0.25) is 0 Å². The molecule has 0 N–H and O–H groups in total. The molecule has 0 aliphatic carbocycles. The molecule has 1 nitrogen and oxygen atoms in total. The van der Waals surface area contributed by atoms with Gasteiger partial charge in [-0.15, -0.1) is 0 Å². The lowest BCUT2D eigenvalue weighted by Crippen LogP contribution is -1.98. The first-order chi connectivity index (χ1) is 7.24. The summed E-state index contributed by atoms with van der Waals surface area (Å²) in [5, 5.41) is 0. The van der Waals surface area contributed by atoms with Gasteiger partial charge in [0.15, 0.2) is 0 Å². The van der Waals surface area contributed by atoms with Crippen molar-refractivity contribution in [2.24, 2.45) is 0 Å². The van der Waals surface area contributed by atoms with Gasteiger partial charge in [0.1, 0.15) is 11.6 Å². The van der Waals surface area contributed by atoms with Crippen molar-refractivity contribution >= 4 is 28.6 Å². The minimum Gasteiger partial charge on any atom is -0.492 e. The van der Waals surface area contributed by atoms with Crippen molar-refractivity contribution < 1.29 is 9.13 Å². The van der Waals surface area contributed by atoms with Crippen molar-refractivity contribution in [1.29, 1.82) is 0 Å². The first-order valence-corrected chi connectivity index (χ1v) is 6.35. The summed E-state index contributed by atoms with van der Waals surface area (Å²) in [4.78, 5) is 0. The summed E-state index contributed by atoms with van der Waals surface area (Å²) >= 11 is 7.38. The molecular formula is C11H14BrFOS. The Balaban J connectivity index is 2.31. The van der Waals surface area contributed by atoms with Crippen LogP contribution in [0.4, 0.5) is 4.39 Å². The van der Waals surface area contributed by atoms with Gasteiger partial charge >= 0.3 is 0 Å². The number of ether oxygens (including phenoxy) is 1. The summed E-state index contributed by atoms with van der Waals surface area (Å²) in [6.07, 6.45) is 3.23.